The van der Waals surface area contributed by atoms with Crippen molar-refractivity contribution in [3.63, 3.8) is 0 Å². The van der Waals surface area contributed by atoms with E-state index in [2.05, 4.69) is 59.2 Å². The number of esters is 1. The van der Waals surface area contributed by atoms with E-state index in [-0.39, 0.29) is 5.97 Å². The van der Waals surface area contributed by atoms with Gasteiger partial charge >= 0.3 is 5.97 Å². The van der Waals surface area contributed by atoms with Gasteiger partial charge < -0.3 is 14.0 Å². The first kappa shape index (κ1) is 18.7. The van der Waals surface area contributed by atoms with Gasteiger partial charge in [-0.3, -0.25) is 0 Å². The fourth-order valence-electron chi connectivity index (χ4n) is 4.80. The van der Waals surface area contributed by atoms with Crippen molar-refractivity contribution in [3.05, 3.63) is 102 Å². The van der Waals surface area contributed by atoms with Crippen LogP contribution < -0.4 is 4.74 Å². The van der Waals surface area contributed by atoms with Crippen LogP contribution in [0.1, 0.15) is 21.5 Å². The Morgan fingerprint density at radius 3 is 2.41 bits per heavy atom. The van der Waals surface area contributed by atoms with E-state index in [4.69, 9.17) is 9.47 Å². The molecule has 0 unspecified atom stereocenters. The van der Waals surface area contributed by atoms with Gasteiger partial charge in [-0.2, -0.15) is 0 Å². The number of nitrogens with zero attached hydrogens (tertiary/aromatic N) is 1. The van der Waals surface area contributed by atoms with Crippen LogP contribution in [0.5, 0.6) is 5.75 Å². The third-order valence-corrected chi connectivity index (χ3v) is 6.26. The van der Waals surface area contributed by atoms with Crippen molar-refractivity contribution in [1.82, 2.24) is 4.57 Å². The number of carbonyl (C=O) groups is 1. The molecule has 0 atom stereocenters. The average Bonchev–Trinajstić information content (AvgIpc) is 3.37. The Morgan fingerprint density at radius 2 is 1.62 bits per heavy atom. The van der Waals surface area contributed by atoms with E-state index < -0.39 is 0 Å². The molecule has 6 rings (SSSR count). The summed E-state index contributed by atoms with van der Waals surface area (Å²) < 4.78 is 13.2. The number of methoxy groups -OCH3 is 1. The molecule has 4 heteroatoms. The molecule has 0 amide bonds. The molecular formula is C28H21NO3. The molecule has 156 valence electrons. The first-order valence-electron chi connectivity index (χ1n) is 10.7. The third-order valence-electron chi connectivity index (χ3n) is 6.26. The molecule has 0 N–H and O–H groups in total. The Hall–Kier alpha value is -4.05. The van der Waals surface area contributed by atoms with Gasteiger partial charge in [-0.05, 0) is 35.4 Å². The second-order valence-electron chi connectivity index (χ2n) is 8.08. The summed E-state index contributed by atoms with van der Waals surface area (Å²) in [4.78, 5) is 12.9. The van der Waals surface area contributed by atoms with Crippen LogP contribution in [0.3, 0.4) is 0 Å². The van der Waals surface area contributed by atoms with Crippen molar-refractivity contribution in [2.45, 2.75) is 13.2 Å². The maximum Gasteiger partial charge on any atom is 0.339 e. The van der Waals surface area contributed by atoms with Crippen molar-refractivity contribution in [2.75, 3.05) is 7.11 Å². The number of para-hydroxylation sites is 1. The summed E-state index contributed by atoms with van der Waals surface area (Å²) in [6.45, 7) is 1.02. The van der Waals surface area contributed by atoms with Crippen LogP contribution in [0.15, 0.2) is 84.9 Å². The maximum atomic E-state index is 12.9. The Labute approximate surface area is 185 Å². The van der Waals surface area contributed by atoms with Gasteiger partial charge in [-0.25, -0.2) is 4.79 Å². The van der Waals surface area contributed by atoms with Gasteiger partial charge in [0, 0.05) is 34.0 Å². The summed E-state index contributed by atoms with van der Waals surface area (Å²) in [6.07, 6.45) is 0. The van der Waals surface area contributed by atoms with Crippen LogP contribution in [0.2, 0.25) is 0 Å². The van der Waals surface area contributed by atoms with Gasteiger partial charge in [-0.15, -0.1) is 0 Å². The zero-order valence-corrected chi connectivity index (χ0v) is 17.7. The van der Waals surface area contributed by atoms with Gasteiger partial charge in [0.2, 0.25) is 0 Å². The highest BCUT2D eigenvalue weighted by Gasteiger charge is 2.30. The molecule has 0 saturated carbocycles. The number of hydrogen-bond donors (Lipinski definition) is 0. The highest BCUT2D eigenvalue weighted by Crippen LogP contribution is 2.42. The van der Waals surface area contributed by atoms with E-state index in [0.717, 1.165) is 38.9 Å². The molecule has 5 aromatic rings. The predicted octanol–water partition coefficient (Wildman–Crippen LogP) is 6.19. The highest BCUT2D eigenvalue weighted by atomic mass is 16.5. The van der Waals surface area contributed by atoms with E-state index in [9.17, 15) is 4.79 Å². The lowest BCUT2D eigenvalue weighted by atomic mass is 9.93. The van der Waals surface area contributed by atoms with E-state index in [1.54, 1.807) is 7.11 Å². The zero-order chi connectivity index (χ0) is 21.7. The molecule has 32 heavy (non-hydrogen) atoms. The molecule has 4 aromatic carbocycles. The van der Waals surface area contributed by atoms with Gasteiger partial charge in [0.15, 0.2) is 0 Å². The van der Waals surface area contributed by atoms with Crippen molar-refractivity contribution in [3.8, 4) is 16.9 Å². The van der Waals surface area contributed by atoms with Gasteiger partial charge in [-0.1, -0.05) is 60.7 Å². The minimum atomic E-state index is -0.260. The molecule has 0 radical (unpaired) electrons. The number of carbonyl (C=O) groups excluding carboxylic acids is 1. The molecule has 4 nitrogen and oxygen atoms in total. The fourth-order valence-corrected chi connectivity index (χ4v) is 4.80. The lowest BCUT2D eigenvalue weighted by molar-refractivity contribution is 0.0535. The maximum absolute atomic E-state index is 12.9. The fraction of sp³-hybridized carbons (Fsp3) is 0.107. The molecule has 0 spiro atoms. The highest BCUT2D eigenvalue weighted by molar-refractivity contribution is 6.18. The Kier molecular flexibility index (Phi) is 4.25. The number of rotatable bonds is 4. The van der Waals surface area contributed by atoms with Crippen LogP contribution in [0.25, 0.3) is 32.9 Å². The number of fused-ring (bicyclic) bond motifs is 4. The Morgan fingerprint density at radius 1 is 0.875 bits per heavy atom. The molecule has 0 fully saturated rings. The van der Waals surface area contributed by atoms with E-state index in [0.29, 0.717) is 18.7 Å². The second-order valence-corrected chi connectivity index (χ2v) is 8.08. The normalized spacial score (nSPS) is 12.8. The standard InChI is InChI=1S/C28H21NO3/c1-31-21-13-11-19(12-14-21)25-26-20(17-32-28(26)30)15-23-22-9-5-6-10-24(22)29(27(23)25)16-18-7-3-2-4-8-18/h2-15H,16-17H2,1H3. The molecule has 2 heterocycles. The minimum Gasteiger partial charge on any atom is -0.497 e. The number of hydrogen-bond acceptors (Lipinski definition) is 3. The van der Waals surface area contributed by atoms with E-state index in [1.165, 1.54) is 10.9 Å². The van der Waals surface area contributed by atoms with E-state index >= 15 is 0 Å². The molecule has 0 saturated heterocycles. The summed E-state index contributed by atoms with van der Waals surface area (Å²) in [7, 11) is 1.66. The number of aromatic nitrogens is 1. The SMILES string of the molecule is COc1ccc(-c2c3c(cc4c5ccccc5n(Cc5ccccc5)c24)COC3=O)cc1. The van der Waals surface area contributed by atoms with Crippen molar-refractivity contribution in [2.24, 2.45) is 0 Å². The number of ether oxygens (including phenoxy) is 2. The van der Waals surface area contributed by atoms with Crippen LogP contribution in [-0.2, 0) is 17.9 Å². The lowest BCUT2D eigenvalue weighted by Gasteiger charge is -2.14. The number of cyclic esters (lactones) is 1. The van der Waals surface area contributed by atoms with Crippen LogP contribution in [0.4, 0.5) is 0 Å². The van der Waals surface area contributed by atoms with Gasteiger partial charge in [0.05, 0.1) is 18.2 Å². The number of benzene rings is 4. The predicted molar refractivity (Wildman–Crippen MR) is 126 cm³/mol. The molecule has 1 aromatic heterocycles. The summed E-state index contributed by atoms with van der Waals surface area (Å²) in [5.74, 6) is 0.522. The second kappa shape index (κ2) is 7.27. The van der Waals surface area contributed by atoms with Crippen LogP contribution in [-0.4, -0.2) is 17.6 Å². The Bertz CT molecular complexity index is 1480. The first-order valence-corrected chi connectivity index (χ1v) is 10.7. The lowest BCUT2D eigenvalue weighted by Crippen LogP contribution is -2.04. The summed E-state index contributed by atoms with van der Waals surface area (Å²) in [6, 6.07) is 28.9. The first-order chi connectivity index (χ1) is 15.7. The largest absolute Gasteiger partial charge is 0.497 e. The third kappa shape index (κ3) is 2.80. The topological polar surface area (TPSA) is 40.5 Å². The molecule has 0 bridgehead atoms. The van der Waals surface area contributed by atoms with Crippen LogP contribution in [0, 0.1) is 0 Å². The monoisotopic (exact) mass is 419 g/mol. The quantitative estimate of drug-likeness (QED) is 0.326. The van der Waals surface area contributed by atoms with Crippen molar-refractivity contribution in [1.29, 1.82) is 0 Å². The van der Waals surface area contributed by atoms with Crippen molar-refractivity contribution >= 4 is 27.8 Å². The van der Waals surface area contributed by atoms with E-state index in [1.807, 2.05) is 30.3 Å². The summed E-state index contributed by atoms with van der Waals surface area (Å²) in [5, 5.41) is 2.31. The minimum absolute atomic E-state index is 0.260. The Balaban J connectivity index is 1.74. The summed E-state index contributed by atoms with van der Waals surface area (Å²) >= 11 is 0. The molecule has 1 aliphatic rings. The molecule has 0 aliphatic carbocycles. The molecular weight excluding hydrogens is 398 g/mol. The van der Waals surface area contributed by atoms with Crippen LogP contribution >= 0.6 is 0 Å². The summed E-state index contributed by atoms with van der Waals surface area (Å²) in [5.41, 5.74) is 6.92. The zero-order valence-electron chi connectivity index (χ0n) is 17.7. The van der Waals surface area contributed by atoms with Crippen molar-refractivity contribution < 1.29 is 14.3 Å². The van der Waals surface area contributed by atoms with Gasteiger partial charge in [0.1, 0.15) is 12.4 Å². The smallest absolute Gasteiger partial charge is 0.339 e. The molecule has 1 aliphatic heterocycles. The average molecular weight is 419 g/mol. The van der Waals surface area contributed by atoms with Gasteiger partial charge in [0.25, 0.3) is 0 Å².